The van der Waals surface area contributed by atoms with Gasteiger partial charge in [0, 0.05) is 23.8 Å². The zero-order chi connectivity index (χ0) is 17.0. The van der Waals surface area contributed by atoms with Crippen molar-refractivity contribution in [2.45, 2.75) is 12.8 Å². The van der Waals surface area contributed by atoms with Crippen LogP contribution in [0, 0.1) is 16.7 Å². The summed E-state index contributed by atoms with van der Waals surface area (Å²) in [5, 5.41) is 16.8. The predicted molar refractivity (Wildman–Crippen MR) is 87.4 cm³/mol. The van der Waals surface area contributed by atoms with Crippen LogP contribution in [0.4, 0.5) is 0 Å². The van der Waals surface area contributed by atoms with Gasteiger partial charge in [-0.2, -0.15) is 10.4 Å². The number of nitrogens with one attached hydrogen (secondary N) is 1. The molecular formula is C17H16ClN3O3. The highest BCUT2D eigenvalue weighted by Gasteiger charge is 2.34. The average Bonchev–Trinajstić information content (AvgIpc) is 3.11. The predicted octanol–water partition coefficient (Wildman–Crippen LogP) is 3.21. The van der Waals surface area contributed by atoms with Crippen LogP contribution >= 0.6 is 11.6 Å². The monoisotopic (exact) mass is 345 g/mol. The van der Waals surface area contributed by atoms with Crippen molar-refractivity contribution in [2.24, 2.45) is 5.41 Å². The number of nitriles is 1. The second-order valence-electron chi connectivity index (χ2n) is 5.75. The molecule has 0 atom stereocenters. The van der Waals surface area contributed by atoms with Crippen molar-refractivity contribution in [3.63, 3.8) is 0 Å². The van der Waals surface area contributed by atoms with Gasteiger partial charge in [0.05, 0.1) is 23.4 Å². The second-order valence-corrected chi connectivity index (χ2v) is 6.18. The molecule has 0 amide bonds. The lowest BCUT2D eigenvalue weighted by molar-refractivity contribution is -0.00462. The van der Waals surface area contributed by atoms with Gasteiger partial charge in [0.15, 0.2) is 0 Å². The minimum Gasteiger partial charge on any atom is -0.460 e. The van der Waals surface area contributed by atoms with E-state index >= 15 is 0 Å². The molecule has 1 saturated heterocycles. The third kappa shape index (κ3) is 3.42. The molecule has 1 aromatic heterocycles. The first-order valence-corrected chi connectivity index (χ1v) is 7.97. The van der Waals surface area contributed by atoms with Crippen molar-refractivity contribution in [3.8, 4) is 17.3 Å². The number of hydrogen-bond donors (Lipinski definition) is 1. The van der Waals surface area contributed by atoms with Crippen LogP contribution in [0.25, 0.3) is 11.3 Å². The van der Waals surface area contributed by atoms with Crippen molar-refractivity contribution in [3.05, 3.63) is 41.0 Å². The number of hydrogen-bond acceptors (Lipinski definition) is 5. The topological polar surface area (TPSA) is 88.0 Å². The van der Waals surface area contributed by atoms with E-state index in [0.717, 1.165) is 5.56 Å². The van der Waals surface area contributed by atoms with Crippen molar-refractivity contribution in [1.82, 2.24) is 10.2 Å². The van der Waals surface area contributed by atoms with E-state index in [4.69, 9.17) is 21.1 Å². The Bertz CT molecular complexity index is 758. The fraction of sp³-hybridized carbons (Fsp3) is 0.353. The molecule has 3 rings (SSSR count). The van der Waals surface area contributed by atoms with Gasteiger partial charge >= 0.3 is 5.97 Å². The molecule has 0 aliphatic carbocycles. The highest BCUT2D eigenvalue weighted by Crippen LogP contribution is 2.31. The standard InChI is InChI=1S/C17H16ClN3O3/c18-13-3-1-12(2-4-13)15-14(9-20-21-15)16(22)24-11-17(10-19)5-7-23-8-6-17/h1-4,9H,5-8,11H2,(H,20,21). The lowest BCUT2D eigenvalue weighted by Crippen LogP contribution is -2.33. The summed E-state index contributed by atoms with van der Waals surface area (Å²) in [5.74, 6) is -0.505. The lowest BCUT2D eigenvalue weighted by atomic mass is 9.83. The Kier molecular flexibility index (Phi) is 4.84. The molecule has 6 nitrogen and oxygen atoms in total. The van der Waals surface area contributed by atoms with Crippen molar-refractivity contribution < 1.29 is 14.3 Å². The molecule has 124 valence electrons. The summed E-state index contributed by atoms with van der Waals surface area (Å²) in [5.41, 5.74) is 1.01. The maximum absolute atomic E-state index is 12.4. The normalized spacial score (nSPS) is 16.3. The van der Waals surface area contributed by atoms with Gasteiger partial charge in [-0.25, -0.2) is 4.79 Å². The van der Waals surface area contributed by atoms with Crippen LogP contribution in [0.5, 0.6) is 0 Å². The summed E-state index contributed by atoms with van der Waals surface area (Å²) < 4.78 is 10.7. The molecule has 7 heteroatoms. The number of halogens is 1. The number of H-pyrrole nitrogens is 1. The molecule has 1 aliphatic rings. The van der Waals surface area contributed by atoms with Crippen LogP contribution in [0.3, 0.4) is 0 Å². The zero-order valence-electron chi connectivity index (χ0n) is 12.9. The van der Waals surface area contributed by atoms with E-state index in [0.29, 0.717) is 42.3 Å². The maximum Gasteiger partial charge on any atom is 0.342 e. The Morgan fingerprint density at radius 2 is 2.08 bits per heavy atom. The first-order valence-electron chi connectivity index (χ1n) is 7.59. The number of nitrogens with zero attached hydrogens (tertiary/aromatic N) is 2. The molecule has 0 spiro atoms. The number of carbonyl (C=O) groups excluding carboxylic acids is 1. The number of ether oxygens (including phenoxy) is 2. The van der Waals surface area contributed by atoms with Gasteiger partial charge in [-0.1, -0.05) is 23.7 Å². The SMILES string of the molecule is N#CC1(COC(=O)c2cn[nH]c2-c2ccc(Cl)cc2)CCOCC1. The number of aromatic amines is 1. The molecule has 1 aromatic carbocycles. The Morgan fingerprint density at radius 3 is 2.75 bits per heavy atom. The molecule has 1 aliphatic heterocycles. The first kappa shape index (κ1) is 16.5. The number of rotatable bonds is 4. The van der Waals surface area contributed by atoms with Crippen LogP contribution in [0.2, 0.25) is 5.02 Å². The van der Waals surface area contributed by atoms with E-state index < -0.39 is 11.4 Å². The molecule has 0 bridgehead atoms. The summed E-state index contributed by atoms with van der Waals surface area (Å²) in [4.78, 5) is 12.4. The second kappa shape index (κ2) is 7.04. The molecule has 1 N–H and O–H groups in total. The minimum absolute atomic E-state index is 0.0525. The fourth-order valence-corrected chi connectivity index (χ4v) is 2.74. The Hall–Kier alpha value is -2.36. The zero-order valence-corrected chi connectivity index (χ0v) is 13.7. The van der Waals surface area contributed by atoms with E-state index in [9.17, 15) is 10.1 Å². The van der Waals surface area contributed by atoms with Crippen molar-refractivity contribution in [1.29, 1.82) is 5.26 Å². The molecule has 2 aromatic rings. The third-order valence-electron chi connectivity index (χ3n) is 4.16. The molecule has 0 unspecified atom stereocenters. The number of benzene rings is 1. The molecule has 0 saturated carbocycles. The van der Waals surface area contributed by atoms with Gasteiger partial charge in [-0.3, -0.25) is 5.10 Å². The Morgan fingerprint density at radius 1 is 1.38 bits per heavy atom. The maximum atomic E-state index is 12.4. The summed E-state index contributed by atoms with van der Waals surface area (Å²) >= 11 is 5.88. The average molecular weight is 346 g/mol. The van der Waals surface area contributed by atoms with Crippen LogP contribution in [0.15, 0.2) is 30.5 Å². The quantitative estimate of drug-likeness (QED) is 0.859. The summed E-state index contributed by atoms with van der Waals surface area (Å²) in [6, 6.07) is 9.33. The van der Waals surface area contributed by atoms with Gasteiger partial charge in [0.1, 0.15) is 12.2 Å². The van der Waals surface area contributed by atoms with Crippen LogP contribution < -0.4 is 0 Å². The van der Waals surface area contributed by atoms with E-state index in [2.05, 4.69) is 16.3 Å². The van der Waals surface area contributed by atoms with Crippen LogP contribution in [-0.2, 0) is 9.47 Å². The fourth-order valence-electron chi connectivity index (χ4n) is 2.61. The van der Waals surface area contributed by atoms with E-state index in [1.54, 1.807) is 24.3 Å². The van der Waals surface area contributed by atoms with Gasteiger partial charge < -0.3 is 9.47 Å². The number of carbonyl (C=O) groups is 1. The van der Waals surface area contributed by atoms with Gasteiger partial charge in [0.25, 0.3) is 0 Å². The van der Waals surface area contributed by atoms with Gasteiger partial charge in [0.2, 0.25) is 0 Å². The molecule has 0 radical (unpaired) electrons. The highest BCUT2D eigenvalue weighted by molar-refractivity contribution is 6.30. The molecule has 24 heavy (non-hydrogen) atoms. The van der Waals surface area contributed by atoms with E-state index in [-0.39, 0.29) is 6.61 Å². The smallest absolute Gasteiger partial charge is 0.342 e. The number of aromatic nitrogens is 2. The summed E-state index contributed by atoms with van der Waals surface area (Å²) in [6.07, 6.45) is 2.55. The van der Waals surface area contributed by atoms with Crippen molar-refractivity contribution >= 4 is 17.6 Å². The molecule has 1 fully saturated rings. The Balaban J connectivity index is 1.73. The van der Waals surface area contributed by atoms with E-state index in [1.165, 1.54) is 6.20 Å². The van der Waals surface area contributed by atoms with Crippen LogP contribution in [-0.4, -0.2) is 36.0 Å². The number of esters is 1. The first-order chi connectivity index (χ1) is 11.6. The van der Waals surface area contributed by atoms with Crippen LogP contribution in [0.1, 0.15) is 23.2 Å². The Labute approximate surface area is 144 Å². The molecular weight excluding hydrogens is 330 g/mol. The molecule has 2 heterocycles. The summed E-state index contributed by atoms with van der Waals surface area (Å²) in [6.45, 7) is 1.07. The van der Waals surface area contributed by atoms with Gasteiger partial charge in [-0.05, 0) is 25.0 Å². The van der Waals surface area contributed by atoms with E-state index in [1.807, 2.05) is 0 Å². The van der Waals surface area contributed by atoms with Gasteiger partial charge in [-0.15, -0.1) is 0 Å². The highest BCUT2D eigenvalue weighted by atomic mass is 35.5. The van der Waals surface area contributed by atoms with Crippen molar-refractivity contribution in [2.75, 3.05) is 19.8 Å². The minimum atomic E-state index is -0.669. The largest absolute Gasteiger partial charge is 0.460 e. The lowest BCUT2D eigenvalue weighted by Gasteiger charge is -2.29. The third-order valence-corrected chi connectivity index (χ3v) is 4.41. The summed E-state index contributed by atoms with van der Waals surface area (Å²) in [7, 11) is 0.